The number of nitrogens with one attached hydrogen (secondary N) is 2. The maximum Gasteiger partial charge on any atom is 0.409 e. The summed E-state index contributed by atoms with van der Waals surface area (Å²) >= 11 is 0. The van der Waals surface area contributed by atoms with Crippen molar-refractivity contribution in [1.29, 1.82) is 0 Å². The van der Waals surface area contributed by atoms with Gasteiger partial charge in [-0.1, -0.05) is 29.8 Å². The number of amides is 1. The zero-order valence-electron chi connectivity index (χ0n) is 16.9. The van der Waals surface area contributed by atoms with Gasteiger partial charge in [0.1, 0.15) is 5.82 Å². The molecule has 1 aromatic heterocycles. The Hall–Kier alpha value is -2.83. The van der Waals surface area contributed by atoms with Crippen LogP contribution in [0, 0.1) is 13.8 Å². The molecule has 7 heteroatoms. The van der Waals surface area contributed by atoms with E-state index in [0.717, 1.165) is 30.9 Å². The van der Waals surface area contributed by atoms with Gasteiger partial charge in [-0.25, -0.2) is 9.78 Å². The van der Waals surface area contributed by atoms with Crippen molar-refractivity contribution in [1.82, 2.24) is 14.9 Å². The third-order valence-electron chi connectivity index (χ3n) is 4.76. The minimum Gasteiger partial charge on any atom is -0.450 e. The van der Waals surface area contributed by atoms with Gasteiger partial charge < -0.3 is 20.3 Å². The Morgan fingerprint density at radius 3 is 2.71 bits per heavy atom. The zero-order chi connectivity index (χ0) is 19.9. The van der Waals surface area contributed by atoms with Crippen molar-refractivity contribution in [3.05, 3.63) is 47.2 Å². The zero-order valence-corrected chi connectivity index (χ0v) is 16.9. The largest absolute Gasteiger partial charge is 0.450 e. The van der Waals surface area contributed by atoms with Crippen molar-refractivity contribution in [2.45, 2.75) is 46.2 Å². The lowest BCUT2D eigenvalue weighted by atomic mass is 10.1. The van der Waals surface area contributed by atoms with Crippen LogP contribution in [0.4, 0.5) is 16.6 Å². The summed E-state index contributed by atoms with van der Waals surface area (Å²) < 4.78 is 5.07. The maximum atomic E-state index is 11.8. The lowest BCUT2D eigenvalue weighted by Gasteiger charge is -2.31. The summed E-state index contributed by atoms with van der Waals surface area (Å²) in [7, 11) is 0. The number of piperidine rings is 1. The van der Waals surface area contributed by atoms with Gasteiger partial charge in [-0.15, -0.1) is 0 Å². The molecule has 1 saturated heterocycles. The molecular formula is C21H29N5O2. The highest BCUT2D eigenvalue weighted by atomic mass is 16.6. The Balaban J connectivity index is 1.56. The molecular weight excluding hydrogens is 354 g/mol. The Morgan fingerprint density at radius 1 is 1.21 bits per heavy atom. The first-order valence-corrected chi connectivity index (χ1v) is 9.87. The van der Waals surface area contributed by atoms with Crippen LogP contribution < -0.4 is 10.6 Å². The summed E-state index contributed by atoms with van der Waals surface area (Å²) in [5.74, 6) is 1.43. The van der Waals surface area contributed by atoms with Crippen LogP contribution in [0.2, 0.25) is 0 Å². The molecule has 1 aliphatic heterocycles. The number of anilines is 2. The monoisotopic (exact) mass is 383 g/mol. The van der Waals surface area contributed by atoms with Gasteiger partial charge in [-0.3, -0.25) is 0 Å². The number of rotatable bonds is 6. The number of hydrogen-bond acceptors (Lipinski definition) is 6. The molecule has 0 saturated carbocycles. The number of hydrogen-bond donors (Lipinski definition) is 2. The normalized spacial score (nSPS) is 14.6. The van der Waals surface area contributed by atoms with E-state index in [1.807, 2.05) is 19.9 Å². The van der Waals surface area contributed by atoms with Crippen molar-refractivity contribution < 1.29 is 9.53 Å². The van der Waals surface area contributed by atoms with Gasteiger partial charge in [0, 0.05) is 37.4 Å². The predicted octanol–water partition coefficient (Wildman–Crippen LogP) is 3.74. The number of carbonyl (C=O) groups excluding carboxylic acids is 1. The molecule has 3 rings (SSSR count). The summed E-state index contributed by atoms with van der Waals surface area (Å²) in [4.78, 5) is 22.7. The SMILES string of the molecule is CCOC(=O)N1CCC(Nc2nc(C)cc(NCc3cccc(C)c3)n2)CC1. The number of aromatic nitrogens is 2. The molecule has 150 valence electrons. The van der Waals surface area contributed by atoms with Crippen molar-refractivity contribution in [3.63, 3.8) is 0 Å². The first kappa shape index (κ1) is 19.9. The first-order chi connectivity index (χ1) is 13.5. The maximum absolute atomic E-state index is 11.8. The van der Waals surface area contributed by atoms with E-state index in [2.05, 4.69) is 51.8 Å². The van der Waals surface area contributed by atoms with E-state index in [0.29, 0.717) is 25.6 Å². The van der Waals surface area contributed by atoms with E-state index in [4.69, 9.17) is 4.74 Å². The van der Waals surface area contributed by atoms with Gasteiger partial charge in [-0.2, -0.15) is 4.98 Å². The van der Waals surface area contributed by atoms with Crippen LogP contribution >= 0.6 is 0 Å². The van der Waals surface area contributed by atoms with Crippen LogP contribution in [0.1, 0.15) is 36.6 Å². The van der Waals surface area contributed by atoms with Crippen LogP contribution in [0.3, 0.4) is 0 Å². The molecule has 1 aromatic carbocycles. The molecule has 0 atom stereocenters. The highest BCUT2D eigenvalue weighted by molar-refractivity contribution is 5.67. The molecule has 1 amide bonds. The van der Waals surface area contributed by atoms with Crippen molar-refractivity contribution >= 4 is 17.9 Å². The van der Waals surface area contributed by atoms with Gasteiger partial charge >= 0.3 is 6.09 Å². The minimum atomic E-state index is -0.226. The highest BCUT2D eigenvalue weighted by Gasteiger charge is 2.24. The minimum absolute atomic E-state index is 0.226. The first-order valence-electron chi connectivity index (χ1n) is 9.87. The quantitative estimate of drug-likeness (QED) is 0.791. The average Bonchev–Trinajstić information content (AvgIpc) is 2.67. The Kier molecular flexibility index (Phi) is 6.68. The molecule has 0 aliphatic carbocycles. The van der Waals surface area contributed by atoms with E-state index >= 15 is 0 Å². The average molecular weight is 383 g/mol. The smallest absolute Gasteiger partial charge is 0.409 e. The Morgan fingerprint density at radius 2 is 2.00 bits per heavy atom. The Bertz CT molecular complexity index is 803. The van der Waals surface area contributed by atoms with Crippen LogP contribution in [0.5, 0.6) is 0 Å². The molecule has 2 aromatic rings. The molecule has 7 nitrogen and oxygen atoms in total. The van der Waals surface area contributed by atoms with E-state index in [-0.39, 0.29) is 12.1 Å². The standard InChI is InChI=1S/C21H29N5O2/c1-4-28-21(27)26-10-8-18(9-11-26)24-20-23-16(3)13-19(25-20)22-14-17-7-5-6-15(2)12-17/h5-7,12-13,18H,4,8-11,14H2,1-3H3,(H2,22,23,24,25). The Labute approximate surface area is 166 Å². The van der Waals surface area contributed by atoms with E-state index < -0.39 is 0 Å². The van der Waals surface area contributed by atoms with E-state index in [1.165, 1.54) is 11.1 Å². The van der Waals surface area contributed by atoms with E-state index in [1.54, 1.807) is 4.90 Å². The summed E-state index contributed by atoms with van der Waals surface area (Å²) in [5, 5.41) is 6.80. The van der Waals surface area contributed by atoms with Crippen LogP contribution in [0.25, 0.3) is 0 Å². The second kappa shape index (κ2) is 9.39. The topological polar surface area (TPSA) is 79.4 Å². The third kappa shape index (κ3) is 5.58. The molecule has 0 unspecified atom stereocenters. The number of likely N-dealkylation sites (tertiary alicyclic amines) is 1. The van der Waals surface area contributed by atoms with E-state index in [9.17, 15) is 4.79 Å². The lowest BCUT2D eigenvalue weighted by Crippen LogP contribution is -2.42. The third-order valence-corrected chi connectivity index (χ3v) is 4.76. The van der Waals surface area contributed by atoms with Gasteiger partial charge in [0.25, 0.3) is 0 Å². The van der Waals surface area contributed by atoms with Crippen LogP contribution in [-0.4, -0.2) is 46.7 Å². The van der Waals surface area contributed by atoms with Crippen molar-refractivity contribution in [3.8, 4) is 0 Å². The number of benzene rings is 1. The summed E-state index contributed by atoms with van der Waals surface area (Å²) in [6, 6.07) is 10.6. The molecule has 0 radical (unpaired) electrons. The number of aryl methyl sites for hydroxylation is 2. The van der Waals surface area contributed by atoms with Crippen LogP contribution in [0.15, 0.2) is 30.3 Å². The van der Waals surface area contributed by atoms with Gasteiger partial charge in [-0.05, 0) is 39.2 Å². The van der Waals surface area contributed by atoms with Crippen LogP contribution in [-0.2, 0) is 11.3 Å². The van der Waals surface area contributed by atoms with Crippen molar-refractivity contribution in [2.75, 3.05) is 30.3 Å². The molecule has 0 bridgehead atoms. The molecule has 1 fully saturated rings. The number of ether oxygens (including phenoxy) is 1. The second-order valence-corrected chi connectivity index (χ2v) is 7.17. The summed E-state index contributed by atoms with van der Waals surface area (Å²) in [6.45, 7) is 8.37. The molecule has 0 spiro atoms. The molecule has 2 heterocycles. The van der Waals surface area contributed by atoms with Crippen molar-refractivity contribution in [2.24, 2.45) is 0 Å². The predicted molar refractivity (Wildman–Crippen MR) is 111 cm³/mol. The fourth-order valence-corrected chi connectivity index (χ4v) is 3.34. The summed E-state index contributed by atoms with van der Waals surface area (Å²) in [5.41, 5.74) is 3.37. The number of carbonyl (C=O) groups is 1. The number of nitrogens with zero attached hydrogens (tertiary/aromatic N) is 3. The molecule has 1 aliphatic rings. The molecule has 2 N–H and O–H groups in total. The fraction of sp³-hybridized carbons (Fsp3) is 0.476. The second-order valence-electron chi connectivity index (χ2n) is 7.17. The highest BCUT2D eigenvalue weighted by Crippen LogP contribution is 2.17. The fourth-order valence-electron chi connectivity index (χ4n) is 3.34. The molecule has 28 heavy (non-hydrogen) atoms. The van der Waals surface area contributed by atoms with Gasteiger partial charge in [0.15, 0.2) is 0 Å². The van der Waals surface area contributed by atoms with Gasteiger partial charge in [0.05, 0.1) is 6.61 Å². The lowest BCUT2D eigenvalue weighted by molar-refractivity contribution is 0.0983. The summed E-state index contributed by atoms with van der Waals surface area (Å²) in [6.07, 6.45) is 1.47. The van der Waals surface area contributed by atoms with Gasteiger partial charge in [0.2, 0.25) is 5.95 Å².